The summed E-state index contributed by atoms with van der Waals surface area (Å²) < 4.78 is 22.8. The van der Waals surface area contributed by atoms with Gasteiger partial charge in [-0.05, 0) is 13.0 Å². The van der Waals surface area contributed by atoms with E-state index in [1.54, 1.807) is 0 Å². The lowest BCUT2D eigenvalue weighted by Crippen LogP contribution is -2.22. The molecule has 1 unspecified atom stereocenters. The lowest BCUT2D eigenvalue weighted by atomic mass is 10.1. The Bertz CT molecular complexity index is 436. The third kappa shape index (κ3) is 3.33. The quantitative estimate of drug-likeness (QED) is 0.621. The van der Waals surface area contributed by atoms with Gasteiger partial charge in [0.2, 0.25) is 0 Å². The standard InChI is InChI=1S/C12H16FNO4/c1-7(6-17-2)14-10-5-9(13)11(15)4-8(10)12(16)18-3/h4-5,7,14-15H,6H2,1-3H3. The Morgan fingerprint density at radius 1 is 1.50 bits per heavy atom. The SMILES string of the molecule is COCC(C)Nc1cc(F)c(O)cc1C(=O)OC. The summed E-state index contributed by atoms with van der Waals surface area (Å²) in [6.45, 7) is 2.21. The Hall–Kier alpha value is -1.82. The van der Waals surface area contributed by atoms with E-state index in [1.807, 2.05) is 6.92 Å². The molecule has 0 spiro atoms. The van der Waals surface area contributed by atoms with E-state index in [-0.39, 0.29) is 17.3 Å². The zero-order valence-electron chi connectivity index (χ0n) is 10.5. The van der Waals surface area contributed by atoms with Crippen LogP contribution in [0.3, 0.4) is 0 Å². The van der Waals surface area contributed by atoms with Crippen molar-refractivity contribution >= 4 is 11.7 Å². The summed E-state index contributed by atoms with van der Waals surface area (Å²) in [5.74, 6) is -2.06. The van der Waals surface area contributed by atoms with Crippen LogP contribution >= 0.6 is 0 Å². The van der Waals surface area contributed by atoms with Crippen LogP contribution in [0.15, 0.2) is 12.1 Å². The molecule has 0 amide bonds. The van der Waals surface area contributed by atoms with Crippen LogP contribution in [-0.2, 0) is 9.47 Å². The molecule has 0 saturated heterocycles. The summed E-state index contributed by atoms with van der Waals surface area (Å²) in [4.78, 5) is 11.5. The lowest BCUT2D eigenvalue weighted by Gasteiger charge is -2.17. The molecule has 0 heterocycles. The van der Waals surface area contributed by atoms with Crippen LogP contribution in [0.1, 0.15) is 17.3 Å². The smallest absolute Gasteiger partial charge is 0.340 e. The third-order valence-corrected chi connectivity index (χ3v) is 2.31. The van der Waals surface area contributed by atoms with Gasteiger partial charge in [-0.2, -0.15) is 0 Å². The van der Waals surface area contributed by atoms with Crippen molar-refractivity contribution in [3.63, 3.8) is 0 Å². The fourth-order valence-corrected chi connectivity index (χ4v) is 1.52. The van der Waals surface area contributed by atoms with Gasteiger partial charge >= 0.3 is 5.97 Å². The molecule has 0 fully saturated rings. The number of anilines is 1. The number of halogens is 1. The van der Waals surface area contributed by atoms with Crippen molar-refractivity contribution in [2.24, 2.45) is 0 Å². The molecule has 0 aliphatic carbocycles. The maximum absolute atomic E-state index is 13.3. The van der Waals surface area contributed by atoms with E-state index in [9.17, 15) is 14.3 Å². The van der Waals surface area contributed by atoms with Crippen molar-refractivity contribution in [1.29, 1.82) is 0 Å². The number of phenols is 1. The molecule has 5 nitrogen and oxygen atoms in total. The molecule has 100 valence electrons. The average Bonchev–Trinajstić information content (AvgIpc) is 2.32. The fraction of sp³-hybridized carbons (Fsp3) is 0.417. The van der Waals surface area contributed by atoms with Crippen molar-refractivity contribution in [1.82, 2.24) is 0 Å². The van der Waals surface area contributed by atoms with Gasteiger partial charge < -0.3 is 19.9 Å². The van der Waals surface area contributed by atoms with Gasteiger partial charge in [-0.1, -0.05) is 0 Å². The Labute approximate surface area is 105 Å². The summed E-state index contributed by atoms with van der Waals surface area (Å²) in [5.41, 5.74) is 0.320. The van der Waals surface area contributed by atoms with Gasteiger partial charge in [-0.25, -0.2) is 9.18 Å². The van der Waals surface area contributed by atoms with Crippen molar-refractivity contribution in [2.75, 3.05) is 26.1 Å². The van der Waals surface area contributed by atoms with Crippen LogP contribution in [0, 0.1) is 5.82 Å². The molecule has 0 radical (unpaired) electrons. The Morgan fingerprint density at radius 3 is 2.72 bits per heavy atom. The molecule has 1 rings (SSSR count). The first-order valence-corrected chi connectivity index (χ1v) is 5.35. The molecule has 1 aromatic rings. The number of hydrogen-bond acceptors (Lipinski definition) is 5. The second-order valence-corrected chi connectivity index (χ2v) is 3.84. The molecule has 18 heavy (non-hydrogen) atoms. The van der Waals surface area contributed by atoms with Crippen LogP contribution in [0.25, 0.3) is 0 Å². The van der Waals surface area contributed by atoms with Crippen LogP contribution < -0.4 is 5.32 Å². The highest BCUT2D eigenvalue weighted by molar-refractivity contribution is 5.96. The number of methoxy groups -OCH3 is 2. The highest BCUT2D eigenvalue weighted by atomic mass is 19.1. The first-order valence-electron chi connectivity index (χ1n) is 5.35. The fourth-order valence-electron chi connectivity index (χ4n) is 1.52. The summed E-state index contributed by atoms with van der Waals surface area (Å²) in [6.07, 6.45) is 0. The minimum absolute atomic E-state index is 0.0688. The highest BCUT2D eigenvalue weighted by Crippen LogP contribution is 2.26. The number of carbonyl (C=O) groups excluding carboxylic acids is 1. The number of phenolic OH excluding ortho intramolecular Hbond substituents is 1. The van der Waals surface area contributed by atoms with Gasteiger partial charge in [0.25, 0.3) is 0 Å². The number of benzene rings is 1. The Balaban J connectivity index is 3.07. The molecule has 1 atom stereocenters. The van der Waals surface area contributed by atoms with Crippen LogP contribution in [0.5, 0.6) is 5.75 Å². The van der Waals surface area contributed by atoms with Crippen molar-refractivity contribution < 1.29 is 23.8 Å². The summed E-state index contributed by atoms with van der Waals surface area (Å²) in [7, 11) is 2.75. The van der Waals surface area contributed by atoms with E-state index in [4.69, 9.17) is 4.74 Å². The molecule has 0 bridgehead atoms. The van der Waals surface area contributed by atoms with Gasteiger partial charge in [0.1, 0.15) is 0 Å². The van der Waals surface area contributed by atoms with Gasteiger partial charge in [0.15, 0.2) is 11.6 Å². The minimum atomic E-state index is -0.810. The Morgan fingerprint density at radius 2 is 2.17 bits per heavy atom. The summed E-state index contributed by atoms with van der Waals surface area (Å²) >= 11 is 0. The number of hydrogen-bond donors (Lipinski definition) is 2. The van der Waals surface area contributed by atoms with E-state index in [0.717, 1.165) is 12.1 Å². The predicted octanol–water partition coefficient (Wildman–Crippen LogP) is 1.76. The van der Waals surface area contributed by atoms with Crippen molar-refractivity contribution in [3.05, 3.63) is 23.5 Å². The first-order chi connectivity index (χ1) is 8.49. The third-order valence-electron chi connectivity index (χ3n) is 2.31. The van der Waals surface area contributed by atoms with Crippen LogP contribution in [0.4, 0.5) is 10.1 Å². The number of rotatable bonds is 5. The summed E-state index contributed by atoms with van der Waals surface area (Å²) in [6, 6.07) is 1.96. The molecule has 1 aromatic carbocycles. The van der Waals surface area contributed by atoms with Crippen LogP contribution in [-0.4, -0.2) is 37.9 Å². The first kappa shape index (κ1) is 14.2. The molecule has 0 aliphatic rings. The molecule has 6 heteroatoms. The van der Waals surface area contributed by atoms with Gasteiger partial charge in [0.05, 0.1) is 25.0 Å². The highest BCUT2D eigenvalue weighted by Gasteiger charge is 2.17. The number of esters is 1. The zero-order chi connectivity index (χ0) is 13.7. The van der Waals surface area contributed by atoms with E-state index in [2.05, 4.69) is 10.1 Å². The second-order valence-electron chi connectivity index (χ2n) is 3.84. The Kier molecular flexibility index (Phi) is 4.91. The summed E-state index contributed by atoms with van der Waals surface area (Å²) in [5, 5.41) is 12.2. The van der Waals surface area contributed by atoms with Crippen molar-refractivity contribution in [3.8, 4) is 5.75 Å². The molecular formula is C12H16FNO4. The molecule has 0 aliphatic heterocycles. The number of aromatic hydroxyl groups is 1. The minimum Gasteiger partial charge on any atom is -0.505 e. The maximum atomic E-state index is 13.3. The van der Waals surface area contributed by atoms with Gasteiger partial charge in [-0.15, -0.1) is 0 Å². The lowest BCUT2D eigenvalue weighted by molar-refractivity contribution is 0.0601. The second kappa shape index (κ2) is 6.20. The molecular weight excluding hydrogens is 241 g/mol. The molecule has 0 saturated carbocycles. The van der Waals surface area contributed by atoms with Crippen molar-refractivity contribution in [2.45, 2.75) is 13.0 Å². The van der Waals surface area contributed by atoms with Gasteiger partial charge in [-0.3, -0.25) is 0 Å². The van der Waals surface area contributed by atoms with E-state index < -0.39 is 17.5 Å². The van der Waals surface area contributed by atoms with Gasteiger partial charge in [0, 0.05) is 19.2 Å². The maximum Gasteiger partial charge on any atom is 0.340 e. The monoisotopic (exact) mass is 257 g/mol. The van der Waals surface area contributed by atoms with Crippen LogP contribution in [0.2, 0.25) is 0 Å². The molecule has 2 N–H and O–H groups in total. The number of carbonyl (C=O) groups is 1. The zero-order valence-corrected chi connectivity index (χ0v) is 10.5. The van der Waals surface area contributed by atoms with E-state index in [0.29, 0.717) is 6.61 Å². The normalized spacial score (nSPS) is 12.0. The number of nitrogens with one attached hydrogen (secondary N) is 1. The number of ether oxygens (including phenoxy) is 2. The average molecular weight is 257 g/mol. The predicted molar refractivity (Wildman–Crippen MR) is 64.4 cm³/mol. The topological polar surface area (TPSA) is 67.8 Å². The van der Waals surface area contributed by atoms with E-state index >= 15 is 0 Å². The molecule has 0 aromatic heterocycles. The largest absolute Gasteiger partial charge is 0.505 e. The van der Waals surface area contributed by atoms with E-state index in [1.165, 1.54) is 14.2 Å².